The van der Waals surface area contributed by atoms with Crippen LogP contribution < -0.4 is 15.4 Å². The molecule has 3 aromatic rings. The second kappa shape index (κ2) is 6.69. The van der Waals surface area contributed by atoms with Gasteiger partial charge in [-0.15, -0.1) is 0 Å². The van der Waals surface area contributed by atoms with Crippen molar-refractivity contribution in [1.29, 1.82) is 0 Å². The van der Waals surface area contributed by atoms with E-state index < -0.39 is 10.0 Å². The molecule has 1 heterocycles. The molecular weight excluding hydrogens is 360 g/mol. The van der Waals surface area contributed by atoms with Crippen molar-refractivity contribution < 1.29 is 13.2 Å². The number of hydrogen-bond donors (Lipinski definition) is 3. The van der Waals surface area contributed by atoms with Gasteiger partial charge < -0.3 is 10.6 Å². The van der Waals surface area contributed by atoms with Gasteiger partial charge in [-0.2, -0.15) is 0 Å². The van der Waals surface area contributed by atoms with Crippen molar-refractivity contribution in [2.45, 2.75) is 6.92 Å². The summed E-state index contributed by atoms with van der Waals surface area (Å²) in [5.41, 5.74) is 3.00. The largest absolute Gasteiger partial charge is 0.323 e. The molecule has 2 amide bonds. The van der Waals surface area contributed by atoms with E-state index in [0.29, 0.717) is 22.0 Å². The fraction of sp³-hybridized carbons (Fsp3) is 0.125. The van der Waals surface area contributed by atoms with Crippen molar-refractivity contribution in [3.8, 4) is 0 Å². The van der Waals surface area contributed by atoms with Gasteiger partial charge in [0.15, 0.2) is 5.13 Å². The van der Waals surface area contributed by atoms with Crippen molar-refractivity contribution in [2.24, 2.45) is 0 Å². The Morgan fingerprint density at radius 2 is 1.80 bits per heavy atom. The molecule has 0 spiro atoms. The van der Waals surface area contributed by atoms with Crippen LogP contribution in [0.25, 0.3) is 10.2 Å². The fourth-order valence-corrected chi connectivity index (χ4v) is 3.96. The van der Waals surface area contributed by atoms with Crippen molar-refractivity contribution in [2.75, 3.05) is 21.6 Å². The highest BCUT2D eigenvalue weighted by Gasteiger charge is 2.10. The van der Waals surface area contributed by atoms with E-state index in [9.17, 15) is 13.2 Å². The van der Waals surface area contributed by atoms with Crippen LogP contribution in [0.15, 0.2) is 42.5 Å². The van der Waals surface area contributed by atoms with E-state index in [2.05, 4.69) is 20.3 Å². The molecule has 0 bridgehead atoms. The summed E-state index contributed by atoms with van der Waals surface area (Å²) in [5.74, 6) is 0. The Labute approximate surface area is 149 Å². The van der Waals surface area contributed by atoms with Gasteiger partial charge >= 0.3 is 6.03 Å². The predicted molar refractivity (Wildman–Crippen MR) is 102 cm³/mol. The minimum Gasteiger partial charge on any atom is -0.308 e. The zero-order valence-electron chi connectivity index (χ0n) is 13.5. The summed E-state index contributed by atoms with van der Waals surface area (Å²) in [4.78, 5) is 16.3. The molecule has 0 aliphatic rings. The van der Waals surface area contributed by atoms with Gasteiger partial charge in [-0.05, 0) is 42.8 Å². The van der Waals surface area contributed by atoms with Gasteiger partial charge in [-0.25, -0.2) is 18.2 Å². The molecule has 9 heteroatoms. The molecule has 25 heavy (non-hydrogen) atoms. The molecule has 2 aromatic carbocycles. The normalized spacial score (nSPS) is 11.3. The van der Waals surface area contributed by atoms with Crippen LogP contribution in [-0.4, -0.2) is 25.7 Å². The Balaban J connectivity index is 1.74. The highest BCUT2D eigenvalue weighted by atomic mass is 32.2. The number of benzene rings is 2. The number of rotatable bonds is 4. The van der Waals surface area contributed by atoms with Crippen molar-refractivity contribution in [3.63, 3.8) is 0 Å². The Kier molecular flexibility index (Phi) is 4.60. The molecule has 0 saturated heterocycles. The number of hydrogen-bond acceptors (Lipinski definition) is 5. The molecule has 7 nitrogen and oxygen atoms in total. The third-order valence-corrected chi connectivity index (χ3v) is 4.82. The summed E-state index contributed by atoms with van der Waals surface area (Å²) in [5, 5.41) is 5.80. The Bertz CT molecular complexity index is 1040. The van der Waals surface area contributed by atoms with Crippen LogP contribution in [0.1, 0.15) is 5.56 Å². The van der Waals surface area contributed by atoms with Crippen LogP contribution >= 0.6 is 11.3 Å². The molecule has 130 valence electrons. The maximum Gasteiger partial charge on any atom is 0.323 e. The average molecular weight is 376 g/mol. The molecule has 0 unspecified atom stereocenters. The Morgan fingerprint density at radius 3 is 2.48 bits per heavy atom. The number of carbonyl (C=O) groups excluding carboxylic acids is 1. The number of anilines is 3. The lowest BCUT2D eigenvalue weighted by Crippen LogP contribution is -2.19. The topological polar surface area (TPSA) is 100 Å². The lowest BCUT2D eigenvalue weighted by molar-refractivity contribution is 0.262. The Hall–Kier alpha value is -2.65. The first kappa shape index (κ1) is 17.2. The second-order valence-corrected chi connectivity index (χ2v) is 8.30. The first-order valence-electron chi connectivity index (χ1n) is 7.31. The van der Waals surface area contributed by atoms with E-state index in [1.54, 1.807) is 18.2 Å². The fourth-order valence-electron chi connectivity index (χ4n) is 2.22. The predicted octanol–water partition coefficient (Wildman–Crippen LogP) is 3.62. The number of carbonyl (C=O) groups is 1. The molecule has 0 atom stereocenters. The minimum absolute atomic E-state index is 0.291. The third kappa shape index (κ3) is 4.68. The van der Waals surface area contributed by atoms with Crippen LogP contribution in [0, 0.1) is 6.92 Å². The summed E-state index contributed by atoms with van der Waals surface area (Å²) in [6.45, 7) is 1.95. The van der Waals surface area contributed by atoms with Crippen LogP contribution in [0.4, 0.5) is 21.3 Å². The highest BCUT2D eigenvalue weighted by Crippen LogP contribution is 2.28. The van der Waals surface area contributed by atoms with Gasteiger partial charge in [-0.3, -0.25) is 4.72 Å². The molecular formula is C16H16N4O3S2. The zero-order chi connectivity index (χ0) is 18.0. The molecule has 3 N–H and O–H groups in total. The number of fused-ring (bicyclic) bond motifs is 1. The maximum absolute atomic E-state index is 12.1. The molecule has 3 rings (SSSR count). The number of nitrogens with one attached hydrogen (secondary N) is 3. The number of sulfonamides is 1. The molecule has 0 radical (unpaired) electrons. The standard InChI is InChI=1S/C16H16N4O3S2/c1-10-4-3-5-11(8-10)17-15(21)18-12-6-7-13-14(9-12)24-16(19-13)20-25(2,22)23/h3-9H,1-2H3,(H,19,20)(H2,17,18,21). The third-order valence-electron chi connectivity index (χ3n) is 3.19. The number of thiazole rings is 1. The molecule has 0 saturated carbocycles. The Morgan fingerprint density at radius 1 is 1.08 bits per heavy atom. The first-order chi connectivity index (χ1) is 11.8. The number of urea groups is 1. The maximum atomic E-state index is 12.1. The number of nitrogens with zero attached hydrogens (tertiary/aromatic N) is 1. The van der Waals surface area contributed by atoms with Crippen molar-refractivity contribution >= 4 is 54.1 Å². The highest BCUT2D eigenvalue weighted by molar-refractivity contribution is 7.92. The van der Waals surface area contributed by atoms with Gasteiger partial charge in [0.25, 0.3) is 0 Å². The van der Waals surface area contributed by atoms with Crippen molar-refractivity contribution in [3.05, 3.63) is 48.0 Å². The smallest absolute Gasteiger partial charge is 0.308 e. The number of aromatic nitrogens is 1. The SMILES string of the molecule is Cc1cccc(NC(=O)Nc2ccc3nc(NS(C)(=O)=O)sc3c2)c1. The molecule has 0 aliphatic heterocycles. The van der Waals surface area contributed by atoms with E-state index in [4.69, 9.17) is 0 Å². The quantitative estimate of drug-likeness (QED) is 0.647. The van der Waals surface area contributed by atoms with Gasteiger partial charge in [0.05, 0.1) is 16.5 Å². The van der Waals surface area contributed by atoms with Gasteiger partial charge in [0, 0.05) is 11.4 Å². The summed E-state index contributed by atoms with van der Waals surface area (Å²) >= 11 is 1.20. The monoisotopic (exact) mass is 376 g/mol. The van der Waals surface area contributed by atoms with E-state index in [-0.39, 0.29) is 6.03 Å². The lowest BCUT2D eigenvalue weighted by atomic mass is 10.2. The number of amides is 2. The lowest BCUT2D eigenvalue weighted by Gasteiger charge is -2.08. The van der Waals surface area contributed by atoms with E-state index >= 15 is 0 Å². The van der Waals surface area contributed by atoms with E-state index in [0.717, 1.165) is 16.5 Å². The second-order valence-electron chi connectivity index (χ2n) is 5.52. The summed E-state index contributed by atoms with van der Waals surface area (Å²) in [7, 11) is -3.37. The van der Waals surface area contributed by atoms with Gasteiger partial charge in [0.2, 0.25) is 10.0 Å². The van der Waals surface area contributed by atoms with Crippen LogP contribution in [0.3, 0.4) is 0 Å². The van der Waals surface area contributed by atoms with E-state index in [1.807, 2.05) is 31.2 Å². The van der Waals surface area contributed by atoms with Crippen LogP contribution in [0.2, 0.25) is 0 Å². The molecule has 0 fully saturated rings. The average Bonchev–Trinajstić information content (AvgIpc) is 2.86. The summed E-state index contributed by atoms with van der Waals surface area (Å²) < 4.78 is 25.7. The van der Waals surface area contributed by atoms with Gasteiger partial charge in [0.1, 0.15) is 0 Å². The van der Waals surface area contributed by atoms with Crippen LogP contribution in [0.5, 0.6) is 0 Å². The van der Waals surface area contributed by atoms with E-state index in [1.165, 1.54) is 11.3 Å². The van der Waals surface area contributed by atoms with Crippen molar-refractivity contribution in [1.82, 2.24) is 4.98 Å². The van der Waals surface area contributed by atoms with Crippen LogP contribution in [-0.2, 0) is 10.0 Å². The van der Waals surface area contributed by atoms with Gasteiger partial charge in [-0.1, -0.05) is 23.5 Å². The number of aryl methyl sites for hydroxylation is 1. The molecule has 0 aliphatic carbocycles. The summed E-state index contributed by atoms with van der Waals surface area (Å²) in [6.07, 6.45) is 1.07. The summed E-state index contributed by atoms with van der Waals surface area (Å²) in [6, 6.07) is 12.3. The minimum atomic E-state index is -3.37. The molecule has 1 aromatic heterocycles. The zero-order valence-corrected chi connectivity index (χ0v) is 15.2. The first-order valence-corrected chi connectivity index (χ1v) is 10.0.